The van der Waals surface area contributed by atoms with Gasteiger partial charge in [0.05, 0.1) is 0 Å². The summed E-state index contributed by atoms with van der Waals surface area (Å²) < 4.78 is 0. The monoisotopic (exact) mass is 280 g/mol. The van der Waals surface area contributed by atoms with Gasteiger partial charge < -0.3 is 0 Å². The fourth-order valence-electron chi connectivity index (χ4n) is 4.89. The number of Topliss-reactive ketones (excluding diaryl/α,β-unsaturated/α-hetero) is 1. The van der Waals surface area contributed by atoms with Gasteiger partial charge in [-0.1, -0.05) is 44.2 Å². The molecule has 0 heterocycles. The third-order valence-corrected chi connectivity index (χ3v) is 6.29. The van der Waals surface area contributed by atoms with Crippen molar-refractivity contribution < 1.29 is 4.79 Å². The van der Waals surface area contributed by atoms with Crippen LogP contribution in [0, 0.1) is 17.3 Å². The van der Waals surface area contributed by atoms with Crippen LogP contribution >= 0.6 is 0 Å². The van der Waals surface area contributed by atoms with Crippen molar-refractivity contribution in [3.8, 4) is 0 Å². The van der Waals surface area contributed by atoms with E-state index in [0.717, 1.165) is 30.7 Å². The second-order valence-corrected chi connectivity index (χ2v) is 7.56. The Kier molecular flexibility index (Phi) is 2.89. The van der Waals surface area contributed by atoms with Crippen molar-refractivity contribution >= 4 is 5.78 Å². The summed E-state index contributed by atoms with van der Waals surface area (Å²) in [5.41, 5.74) is 3.97. The number of hydrogen-bond donors (Lipinski definition) is 0. The number of carbonyl (C=O) groups is 1. The lowest BCUT2D eigenvalue weighted by atomic mass is 9.64. The molecule has 21 heavy (non-hydrogen) atoms. The highest BCUT2D eigenvalue weighted by atomic mass is 16.1. The summed E-state index contributed by atoms with van der Waals surface area (Å²) in [5, 5.41) is 0. The molecule has 0 radical (unpaired) electrons. The molecule has 4 rings (SSSR count). The Hall–Kier alpha value is -1.37. The minimum atomic E-state index is 0.248. The van der Waals surface area contributed by atoms with Gasteiger partial charge in [-0.3, -0.25) is 4.79 Å². The Bertz CT molecular complexity index is 627. The number of ketones is 1. The first-order valence-electron chi connectivity index (χ1n) is 8.45. The first-order chi connectivity index (χ1) is 10.1. The van der Waals surface area contributed by atoms with E-state index < -0.39 is 0 Å². The van der Waals surface area contributed by atoms with Crippen LogP contribution in [0.3, 0.4) is 0 Å². The summed E-state index contributed by atoms with van der Waals surface area (Å²) in [5.74, 6) is 2.35. The van der Waals surface area contributed by atoms with Crippen LogP contribution in [0.15, 0.2) is 30.4 Å². The van der Waals surface area contributed by atoms with Crippen molar-refractivity contribution in [1.29, 1.82) is 0 Å². The molecule has 0 amide bonds. The molecule has 2 bridgehead atoms. The number of rotatable bonds is 2. The molecule has 1 aromatic carbocycles. The Morgan fingerprint density at radius 3 is 2.81 bits per heavy atom. The fourth-order valence-corrected chi connectivity index (χ4v) is 4.89. The van der Waals surface area contributed by atoms with Gasteiger partial charge in [0.1, 0.15) is 0 Å². The second kappa shape index (κ2) is 4.56. The molecule has 0 saturated heterocycles. The molecule has 4 unspecified atom stereocenters. The quantitative estimate of drug-likeness (QED) is 0.703. The molecule has 0 aliphatic heterocycles. The molecule has 0 aromatic heterocycles. The van der Waals surface area contributed by atoms with Crippen molar-refractivity contribution in [2.75, 3.05) is 0 Å². The average Bonchev–Trinajstić information content (AvgIpc) is 3.06. The molecule has 1 saturated carbocycles. The van der Waals surface area contributed by atoms with Crippen LogP contribution in [0.4, 0.5) is 0 Å². The van der Waals surface area contributed by atoms with Crippen LogP contribution in [-0.4, -0.2) is 5.78 Å². The SMILES string of the molecule is CCC(C)c1ccc2c(c1)CC1(CC2=O)CC2C=CC1C2. The lowest BCUT2D eigenvalue weighted by molar-refractivity contribution is 0.0848. The third-order valence-electron chi connectivity index (χ3n) is 6.29. The van der Waals surface area contributed by atoms with Crippen molar-refractivity contribution in [2.45, 2.75) is 51.9 Å². The molecule has 3 aliphatic carbocycles. The summed E-state index contributed by atoms with van der Waals surface area (Å²) in [6.07, 6.45) is 10.3. The normalized spacial score (nSPS) is 34.5. The minimum Gasteiger partial charge on any atom is -0.294 e. The molecular formula is C20H24O. The van der Waals surface area contributed by atoms with E-state index in [-0.39, 0.29) is 5.41 Å². The second-order valence-electron chi connectivity index (χ2n) is 7.56. The molecule has 110 valence electrons. The Balaban J connectivity index is 1.73. The summed E-state index contributed by atoms with van der Waals surface area (Å²) >= 11 is 0. The summed E-state index contributed by atoms with van der Waals surface area (Å²) in [4.78, 5) is 12.6. The van der Waals surface area contributed by atoms with Crippen LogP contribution in [0.2, 0.25) is 0 Å². The molecule has 1 aromatic rings. The van der Waals surface area contributed by atoms with Crippen molar-refractivity contribution in [3.63, 3.8) is 0 Å². The number of benzene rings is 1. The van der Waals surface area contributed by atoms with E-state index in [4.69, 9.17) is 0 Å². The first kappa shape index (κ1) is 13.3. The van der Waals surface area contributed by atoms with Crippen LogP contribution in [-0.2, 0) is 6.42 Å². The van der Waals surface area contributed by atoms with E-state index in [9.17, 15) is 4.79 Å². The Morgan fingerprint density at radius 1 is 1.29 bits per heavy atom. The van der Waals surface area contributed by atoms with Gasteiger partial charge in [0.15, 0.2) is 5.78 Å². The molecule has 0 N–H and O–H groups in total. The van der Waals surface area contributed by atoms with Crippen LogP contribution in [0.5, 0.6) is 0 Å². The largest absolute Gasteiger partial charge is 0.294 e. The van der Waals surface area contributed by atoms with Crippen LogP contribution in [0.1, 0.15) is 66.9 Å². The highest BCUT2D eigenvalue weighted by Crippen LogP contribution is 2.57. The zero-order chi connectivity index (χ0) is 14.6. The van der Waals surface area contributed by atoms with Gasteiger partial charge in [0, 0.05) is 12.0 Å². The van der Waals surface area contributed by atoms with Gasteiger partial charge in [0.25, 0.3) is 0 Å². The minimum absolute atomic E-state index is 0.248. The van der Waals surface area contributed by atoms with Gasteiger partial charge in [-0.15, -0.1) is 0 Å². The maximum absolute atomic E-state index is 12.6. The lowest BCUT2D eigenvalue weighted by Crippen LogP contribution is -2.36. The molecule has 3 aliphatic rings. The summed E-state index contributed by atoms with van der Waals surface area (Å²) in [6, 6.07) is 6.59. The number of carbonyl (C=O) groups excluding carboxylic acids is 1. The predicted octanol–water partition coefficient (Wildman–Crippen LogP) is 4.91. The molecule has 1 fully saturated rings. The highest BCUT2D eigenvalue weighted by molar-refractivity contribution is 5.99. The van der Waals surface area contributed by atoms with Gasteiger partial charge in [0.2, 0.25) is 0 Å². The summed E-state index contributed by atoms with van der Waals surface area (Å²) in [7, 11) is 0. The van der Waals surface area contributed by atoms with Crippen molar-refractivity contribution in [3.05, 3.63) is 47.0 Å². The average molecular weight is 280 g/mol. The predicted molar refractivity (Wildman–Crippen MR) is 85.6 cm³/mol. The maximum Gasteiger partial charge on any atom is 0.163 e. The van der Waals surface area contributed by atoms with Crippen molar-refractivity contribution in [1.82, 2.24) is 0 Å². The third kappa shape index (κ3) is 1.93. The Labute approximate surface area is 127 Å². The van der Waals surface area contributed by atoms with E-state index >= 15 is 0 Å². The Morgan fingerprint density at radius 2 is 2.14 bits per heavy atom. The van der Waals surface area contributed by atoms with Gasteiger partial charge in [-0.25, -0.2) is 0 Å². The highest BCUT2D eigenvalue weighted by Gasteiger charge is 2.51. The molecule has 1 heteroatoms. The smallest absolute Gasteiger partial charge is 0.163 e. The van der Waals surface area contributed by atoms with E-state index in [2.05, 4.69) is 44.2 Å². The molecular weight excluding hydrogens is 256 g/mol. The molecule has 1 spiro atoms. The number of hydrogen-bond acceptors (Lipinski definition) is 1. The summed E-state index contributed by atoms with van der Waals surface area (Å²) in [6.45, 7) is 4.51. The van der Waals surface area contributed by atoms with E-state index in [1.807, 2.05) is 0 Å². The lowest BCUT2D eigenvalue weighted by Gasteiger charge is -2.39. The van der Waals surface area contributed by atoms with E-state index in [0.29, 0.717) is 17.6 Å². The number of allylic oxidation sites excluding steroid dienone is 2. The number of fused-ring (bicyclic) bond motifs is 4. The molecule has 1 nitrogen and oxygen atoms in total. The van der Waals surface area contributed by atoms with Crippen molar-refractivity contribution in [2.24, 2.45) is 17.3 Å². The van der Waals surface area contributed by atoms with Crippen LogP contribution in [0.25, 0.3) is 0 Å². The molecule has 4 atom stereocenters. The van der Waals surface area contributed by atoms with Crippen LogP contribution < -0.4 is 0 Å². The fraction of sp³-hybridized carbons (Fsp3) is 0.550. The van der Waals surface area contributed by atoms with E-state index in [1.165, 1.54) is 24.0 Å². The van der Waals surface area contributed by atoms with E-state index in [1.54, 1.807) is 0 Å². The van der Waals surface area contributed by atoms with Gasteiger partial charge in [-0.2, -0.15) is 0 Å². The first-order valence-corrected chi connectivity index (χ1v) is 8.45. The topological polar surface area (TPSA) is 17.1 Å². The van der Waals surface area contributed by atoms with Gasteiger partial charge in [-0.05, 0) is 60.0 Å². The zero-order valence-electron chi connectivity index (χ0n) is 13.1. The standard InChI is InChI=1S/C20H24O/c1-3-13(2)15-5-7-18-16(9-15)11-20(12-19(18)21)10-14-4-6-17(20)8-14/h4-7,9,13-14,17H,3,8,10-12H2,1-2H3. The zero-order valence-corrected chi connectivity index (χ0v) is 13.1. The van der Waals surface area contributed by atoms with Gasteiger partial charge >= 0.3 is 0 Å². The maximum atomic E-state index is 12.6.